The van der Waals surface area contributed by atoms with Crippen LogP contribution in [0.1, 0.15) is 0 Å². The summed E-state index contributed by atoms with van der Waals surface area (Å²) in [4.78, 5) is 0. The largest absolute Gasteiger partial charge is 0.460 e. The molecule has 0 aromatic rings. The molecule has 0 N–H and O–H groups in total. The first-order chi connectivity index (χ1) is 7.00. The quantitative estimate of drug-likeness (QED) is 0.404. The van der Waals surface area contributed by atoms with E-state index in [1.807, 2.05) is 0 Å². The van der Waals surface area contributed by atoms with Gasteiger partial charge in [-0.1, -0.05) is 0 Å². The van der Waals surface area contributed by atoms with Crippen LogP contribution in [0.3, 0.4) is 0 Å². The lowest BCUT2D eigenvalue weighted by molar-refractivity contribution is -0.383. The maximum absolute atomic E-state index is 12.8. The monoisotopic (exact) mass is 332 g/mol. The van der Waals surface area contributed by atoms with Crippen molar-refractivity contribution in [1.29, 1.82) is 0 Å². The Hall–Kier alpha value is 0.167. The van der Waals surface area contributed by atoms with E-state index in [-0.39, 0.29) is 6.55 Å². The van der Waals surface area contributed by atoms with Crippen molar-refractivity contribution in [1.82, 2.24) is 0 Å². The summed E-state index contributed by atoms with van der Waals surface area (Å²) in [7, 11) is 0. The average Bonchev–Trinajstić information content (AvgIpc) is 1.98. The molecule has 0 rings (SSSR count). The predicted molar refractivity (Wildman–Crippen MR) is 44.2 cm³/mol. The average molecular weight is 333 g/mol. The topological polar surface area (TPSA) is 0 Å². The van der Waals surface area contributed by atoms with Crippen molar-refractivity contribution >= 4 is 28.9 Å². The van der Waals surface area contributed by atoms with Gasteiger partial charge in [0, 0.05) is 0 Å². The maximum Gasteiger partial charge on any atom is 0.460 e. The fraction of sp³-hybridized carbons (Fsp3) is 1.00. The van der Waals surface area contributed by atoms with E-state index >= 15 is 0 Å². The van der Waals surface area contributed by atoms with Gasteiger partial charge < -0.3 is 0 Å². The molecular weight excluding hydrogens is 330 g/mol. The summed E-state index contributed by atoms with van der Waals surface area (Å²) < 4.78 is 110. The Morgan fingerprint density at radius 2 is 1.00 bits per heavy atom. The summed E-state index contributed by atoms with van der Waals surface area (Å²) in [6.45, 7) is -5.22. The van der Waals surface area contributed by atoms with Gasteiger partial charge in [-0.15, -0.1) is 22.2 Å². The highest BCUT2D eigenvalue weighted by atomic mass is 35.7. The molecule has 17 heavy (non-hydrogen) atoms. The summed E-state index contributed by atoms with van der Waals surface area (Å²) in [5, 5.41) is 0. The van der Waals surface area contributed by atoms with E-state index in [0.717, 1.165) is 0 Å². The zero-order valence-electron chi connectivity index (χ0n) is 7.66. The van der Waals surface area contributed by atoms with Gasteiger partial charge in [-0.3, -0.25) is 0 Å². The van der Waals surface area contributed by atoms with Crippen LogP contribution in [-0.4, -0.2) is 30.3 Å². The SMILES string of the molecule is C[Si](Cl)(Cl)C(F)(F)C(F)(F)C(F)(F)C(F)(F)F. The molecule has 0 aromatic carbocycles. The highest BCUT2D eigenvalue weighted by molar-refractivity contribution is 7.46. The number of hydrogen-bond donors (Lipinski definition) is 0. The molecule has 0 aliphatic carbocycles. The molecule has 104 valence electrons. The molecule has 0 aliphatic rings. The molecule has 0 saturated carbocycles. The molecular formula is C5H3Cl2F9Si. The lowest BCUT2D eigenvalue weighted by Crippen LogP contribution is -2.66. The zero-order chi connectivity index (χ0) is 14.5. The molecule has 0 amide bonds. The first-order valence-corrected chi connectivity index (χ1v) is 8.10. The van der Waals surface area contributed by atoms with Gasteiger partial charge in [-0.05, 0) is 6.55 Å². The van der Waals surface area contributed by atoms with Gasteiger partial charge >= 0.3 is 30.3 Å². The number of alkyl halides is 9. The summed E-state index contributed by atoms with van der Waals surface area (Å²) in [6.07, 6.45) is -6.85. The van der Waals surface area contributed by atoms with E-state index in [1.165, 1.54) is 0 Å². The van der Waals surface area contributed by atoms with Crippen LogP contribution in [0.5, 0.6) is 0 Å². The van der Waals surface area contributed by atoms with Crippen molar-refractivity contribution < 1.29 is 39.5 Å². The molecule has 0 atom stereocenters. The second kappa shape index (κ2) is 4.09. The van der Waals surface area contributed by atoms with Crippen molar-refractivity contribution in [3.8, 4) is 0 Å². The minimum atomic E-state index is -6.94. The molecule has 0 unspecified atom stereocenters. The van der Waals surface area contributed by atoms with E-state index in [1.54, 1.807) is 0 Å². The molecule has 0 aromatic heterocycles. The second-order valence-corrected chi connectivity index (χ2v) is 10.6. The molecule has 0 fully saturated rings. The van der Waals surface area contributed by atoms with Crippen LogP contribution in [-0.2, 0) is 0 Å². The maximum atomic E-state index is 12.8. The van der Waals surface area contributed by atoms with Gasteiger partial charge in [-0.2, -0.15) is 30.7 Å². The van der Waals surface area contributed by atoms with Crippen molar-refractivity contribution in [2.75, 3.05) is 0 Å². The van der Waals surface area contributed by atoms with E-state index in [9.17, 15) is 39.5 Å². The fourth-order valence-corrected chi connectivity index (χ4v) is 2.07. The summed E-state index contributed by atoms with van der Waals surface area (Å²) in [5.74, 6) is -13.7. The fourth-order valence-electron chi connectivity index (χ4n) is 0.651. The molecule has 0 bridgehead atoms. The Bertz CT molecular complexity index is 263. The van der Waals surface area contributed by atoms with Crippen molar-refractivity contribution in [2.24, 2.45) is 0 Å². The molecule has 0 radical (unpaired) electrons. The predicted octanol–water partition coefficient (Wildman–Crippen LogP) is 4.54. The molecule has 0 heterocycles. The Kier molecular flexibility index (Phi) is 4.13. The molecule has 0 spiro atoms. The number of halogens is 11. The van der Waals surface area contributed by atoms with Crippen LogP contribution in [0.15, 0.2) is 0 Å². The number of hydrogen-bond acceptors (Lipinski definition) is 0. The third kappa shape index (κ3) is 2.48. The van der Waals surface area contributed by atoms with Crippen LogP contribution >= 0.6 is 22.2 Å². The van der Waals surface area contributed by atoms with Gasteiger partial charge in [0.15, 0.2) is 0 Å². The van der Waals surface area contributed by atoms with Crippen LogP contribution in [0.25, 0.3) is 0 Å². The lowest BCUT2D eigenvalue weighted by atomic mass is 10.1. The van der Waals surface area contributed by atoms with E-state index in [0.29, 0.717) is 0 Å². The van der Waals surface area contributed by atoms with Crippen LogP contribution < -0.4 is 0 Å². The van der Waals surface area contributed by atoms with Gasteiger partial charge in [-0.25, -0.2) is 8.78 Å². The molecule has 0 nitrogen and oxygen atoms in total. The normalized spacial score (nSPS) is 16.2. The molecule has 0 aliphatic heterocycles. The van der Waals surface area contributed by atoms with Crippen molar-refractivity contribution in [3.05, 3.63) is 0 Å². The van der Waals surface area contributed by atoms with Gasteiger partial charge in [0.1, 0.15) is 0 Å². The van der Waals surface area contributed by atoms with E-state index in [4.69, 9.17) is 0 Å². The molecule has 0 saturated heterocycles. The second-order valence-electron chi connectivity index (χ2n) is 3.11. The van der Waals surface area contributed by atoms with Gasteiger partial charge in [0.25, 0.3) is 0 Å². The van der Waals surface area contributed by atoms with Crippen LogP contribution in [0, 0.1) is 0 Å². The first kappa shape index (κ1) is 17.2. The van der Waals surface area contributed by atoms with Gasteiger partial charge in [0.05, 0.1) is 0 Å². The van der Waals surface area contributed by atoms with Crippen LogP contribution in [0.4, 0.5) is 39.5 Å². The van der Waals surface area contributed by atoms with E-state index < -0.39 is 30.3 Å². The highest BCUT2D eigenvalue weighted by Crippen LogP contribution is 2.56. The van der Waals surface area contributed by atoms with Gasteiger partial charge in [0.2, 0.25) is 0 Å². The Labute approximate surface area is 99.1 Å². The Morgan fingerprint density at radius 1 is 0.706 bits per heavy atom. The van der Waals surface area contributed by atoms with Crippen LogP contribution in [0.2, 0.25) is 6.55 Å². The summed E-state index contributed by atoms with van der Waals surface area (Å²) in [5.41, 5.74) is -5.86. The first-order valence-electron chi connectivity index (χ1n) is 3.58. The Morgan fingerprint density at radius 3 is 1.18 bits per heavy atom. The summed E-state index contributed by atoms with van der Waals surface area (Å²) >= 11 is 9.28. The minimum Gasteiger partial charge on any atom is -0.201 e. The lowest BCUT2D eigenvalue weighted by Gasteiger charge is -2.36. The number of rotatable bonds is 3. The third-order valence-electron chi connectivity index (χ3n) is 1.70. The highest BCUT2D eigenvalue weighted by Gasteiger charge is 2.85. The Balaban J connectivity index is 5.73. The molecule has 12 heteroatoms. The van der Waals surface area contributed by atoms with Crippen molar-refractivity contribution in [3.63, 3.8) is 0 Å². The zero-order valence-corrected chi connectivity index (χ0v) is 10.2. The van der Waals surface area contributed by atoms with Crippen molar-refractivity contribution in [2.45, 2.75) is 30.1 Å². The minimum absolute atomic E-state index is 0.108. The standard InChI is InChI=1S/C5H3Cl2F9Si/c1-17(6,7)5(15,16)3(10,11)2(8,9)4(12,13)14/h1H3. The smallest absolute Gasteiger partial charge is 0.201 e. The summed E-state index contributed by atoms with van der Waals surface area (Å²) in [6, 6.07) is 0. The van der Waals surface area contributed by atoms with E-state index in [2.05, 4.69) is 22.2 Å². The third-order valence-corrected chi connectivity index (χ3v) is 4.54.